The molecule has 0 aliphatic carbocycles. The summed E-state index contributed by atoms with van der Waals surface area (Å²) in [7, 11) is 4.96. The van der Waals surface area contributed by atoms with Gasteiger partial charge in [-0.2, -0.15) is 0 Å². The normalized spacial score (nSPS) is 12.4. The van der Waals surface area contributed by atoms with Crippen LogP contribution >= 0.6 is 12.4 Å². The SMILES string of the molecule is CN[C@@H](CC(=O)OC(C)(C)C)C(=O)N(C)C.Cl. The van der Waals surface area contributed by atoms with Gasteiger partial charge in [-0.05, 0) is 27.8 Å². The van der Waals surface area contributed by atoms with Crippen molar-refractivity contribution in [2.75, 3.05) is 21.1 Å². The van der Waals surface area contributed by atoms with Crippen molar-refractivity contribution in [2.45, 2.75) is 38.8 Å². The Balaban J connectivity index is 0. The number of hydrogen-bond acceptors (Lipinski definition) is 4. The van der Waals surface area contributed by atoms with E-state index in [4.69, 9.17) is 4.74 Å². The van der Waals surface area contributed by atoms with Gasteiger partial charge in [0.1, 0.15) is 5.60 Å². The van der Waals surface area contributed by atoms with Gasteiger partial charge < -0.3 is 15.0 Å². The number of esters is 1. The predicted octanol–water partition coefficient (Wildman–Crippen LogP) is 0.816. The topological polar surface area (TPSA) is 58.6 Å². The van der Waals surface area contributed by atoms with E-state index in [1.54, 1.807) is 41.9 Å². The maximum absolute atomic E-state index is 11.6. The molecule has 0 rings (SSSR count). The molecule has 5 nitrogen and oxygen atoms in total. The summed E-state index contributed by atoms with van der Waals surface area (Å²) in [6.07, 6.45) is 0.0464. The van der Waals surface area contributed by atoms with Crippen molar-refractivity contribution >= 4 is 24.3 Å². The Hall–Kier alpha value is -0.810. The van der Waals surface area contributed by atoms with Crippen molar-refractivity contribution in [3.63, 3.8) is 0 Å². The fourth-order valence-corrected chi connectivity index (χ4v) is 1.17. The fraction of sp³-hybridized carbons (Fsp3) is 0.818. The number of hydrogen-bond donors (Lipinski definition) is 1. The summed E-state index contributed by atoms with van der Waals surface area (Å²) < 4.78 is 5.15. The van der Waals surface area contributed by atoms with Crippen molar-refractivity contribution in [1.29, 1.82) is 0 Å². The van der Waals surface area contributed by atoms with E-state index in [0.717, 1.165) is 0 Å². The lowest BCUT2D eigenvalue weighted by Gasteiger charge is -2.23. The van der Waals surface area contributed by atoms with Gasteiger partial charge >= 0.3 is 5.97 Å². The lowest BCUT2D eigenvalue weighted by atomic mass is 10.1. The first kappa shape index (κ1) is 18.6. The number of carbonyl (C=O) groups excluding carboxylic acids is 2. The van der Waals surface area contributed by atoms with Crippen LogP contribution in [0.3, 0.4) is 0 Å². The van der Waals surface area contributed by atoms with E-state index in [2.05, 4.69) is 5.32 Å². The third-order valence-corrected chi connectivity index (χ3v) is 1.88. The minimum absolute atomic E-state index is 0. The summed E-state index contributed by atoms with van der Waals surface area (Å²) in [5.41, 5.74) is -0.517. The van der Waals surface area contributed by atoms with Gasteiger partial charge in [0, 0.05) is 14.1 Å². The van der Waals surface area contributed by atoms with Gasteiger partial charge in [0.05, 0.1) is 12.5 Å². The molecule has 0 aromatic carbocycles. The lowest BCUT2D eigenvalue weighted by molar-refractivity contribution is -0.157. The molecule has 17 heavy (non-hydrogen) atoms. The summed E-state index contributed by atoms with van der Waals surface area (Å²) in [5.74, 6) is -0.504. The minimum Gasteiger partial charge on any atom is -0.460 e. The number of nitrogens with one attached hydrogen (secondary N) is 1. The van der Waals surface area contributed by atoms with Crippen molar-refractivity contribution in [3.8, 4) is 0 Å². The second kappa shape index (κ2) is 7.50. The standard InChI is InChI=1S/C11H22N2O3.ClH/c1-11(2,3)16-9(14)7-8(12-4)10(15)13(5)6;/h8,12H,7H2,1-6H3;1H/t8-;/m0./s1. The van der Waals surface area contributed by atoms with E-state index in [1.807, 2.05) is 0 Å². The van der Waals surface area contributed by atoms with Gasteiger partial charge in [-0.1, -0.05) is 0 Å². The summed E-state index contributed by atoms with van der Waals surface area (Å²) in [6, 6.07) is -0.523. The summed E-state index contributed by atoms with van der Waals surface area (Å²) in [6.45, 7) is 5.40. The largest absolute Gasteiger partial charge is 0.460 e. The highest BCUT2D eigenvalue weighted by atomic mass is 35.5. The molecule has 1 amide bonds. The van der Waals surface area contributed by atoms with Crippen molar-refractivity contribution in [3.05, 3.63) is 0 Å². The molecule has 0 aromatic rings. The minimum atomic E-state index is -0.523. The molecule has 0 saturated heterocycles. The van der Waals surface area contributed by atoms with Gasteiger partial charge in [-0.3, -0.25) is 9.59 Å². The molecule has 0 aliphatic heterocycles. The molecule has 0 fully saturated rings. The van der Waals surface area contributed by atoms with Crippen LogP contribution in [0.1, 0.15) is 27.2 Å². The fourth-order valence-electron chi connectivity index (χ4n) is 1.17. The Morgan fingerprint density at radius 1 is 1.29 bits per heavy atom. The molecule has 0 unspecified atom stereocenters. The van der Waals surface area contributed by atoms with Crippen molar-refractivity contribution in [1.82, 2.24) is 10.2 Å². The zero-order chi connectivity index (χ0) is 12.9. The highest BCUT2D eigenvalue weighted by molar-refractivity contribution is 5.86. The van der Waals surface area contributed by atoms with E-state index >= 15 is 0 Å². The lowest BCUT2D eigenvalue weighted by Crippen LogP contribution is -2.44. The third-order valence-electron chi connectivity index (χ3n) is 1.88. The van der Waals surface area contributed by atoms with Crippen LogP contribution in [0.5, 0.6) is 0 Å². The van der Waals surface area contributed by atoms with E-state index in [9.17, 15) is 9.59 Å². The molecule has 0 heterocycles. The Kier molecular flexibility index (Phi) is 8.19. The Bertz CT molecular complexity index is 262. The van der Waals surface area contributed by atoms with Crippen LogP contribution in [0.2, 0.25) is 0 Å². The first-order chi connectivity index (χ1) is 7.17. The second-order valence-electron chi connectivity index (χ2n) is 4.86. The molecule has 1 atom stereocenters. The average molecular weight is 267 g/mol. The number of likely N-dealkylation sites (N-methyl/N-ethyl adjacent to an activating group) is 2. The molecule has 0 spiro atoms. The Morgan fingerprint density at radius 3 is 2.06 bits per heavy atom. The highest BCUT2D eigenvalue weighted by Gasteiger charge is 2.24. The van der Waals surface area contributed by atoms with E-state index in [-0.39, 0.29) is 30.7 Å². The molecule has 0 saturated carbocycles. The zero-order valence-corrected chi connectivity index (χ0v) is 12.2. The van der Waals surface area contributed by atoms with Crippen LogP contribution in [0, 0.1) is 0 Å². The van der Waals surface area contributed by atoms with Crippen molar-refractivity contribution < 1.29 is 14.3 Å². The summed E-state index contributed by atoms with van der Waals surface area (Å²) in [4.78, 5) is 24.6. The summed E-state index contributed by atoms with van der Waals surface area (Å²) in [5, 5.41) is 2.81. The first-order valence-corrected chi connectivity index (χ1v) is 5.27. The van der Waals surface area contributed by atoms with E-state index in [1.165, 1.54) is 4.90 Å². The molecule has 6 heteroatoms. The molecular formula is C11H23ClN2O3. The van der Waals surface area contributed by atoms with Gasteiger partial charge in [0.2, 0.25) is 5.91 Å². The van der Waals surface area contributed by atoms with Gasteiger partial charge in [0.15, 0.2) is 0 Å². The maximum atomic E-state index is 11.6. The van der Waals surface area contributed by atoms with Crippen LogP contribution in [-0.2, 0) is 14.3 Å². The first-order valence-electron chi connectivity index (χ1n) is 5.27. The van der Waals surface area contributed by atoms with Crippen LogP contribution in [-0.4, -0.2) is 49.6 Å². The molecule has 0 aliphatic rings. The van der Waals surface area contributed by atoms with Gasteiger partial charge in [-0.15, -0.1) is 12.4 Å². The Morgan fingerprint density at radius 2 is 1.76 bits per heavy atom. The quantitative estimate of drug-likeness (QED) is 0.766. The monoisotopic (exact) mass is 266 g/mol. The maximum Gasteiger partial charge on any atom is 0.308 e. The van der Waals surface area contributed by atoms with Gasteiger partial charge in [0.25, 0.3) is 0 Å². The number of ether oxygens (including phenoxy) is 1. The van der Waals surface area contributed by atoms with E-state index in [0.29, 0.717) is 0 Å². The second-order valence-corrected chi connectivity index (χ2v) is 4.86. The summed E-state index contributed by atoms with van der Waals surface area (Å²) >= 11 is 0. The number of nitrogens with zero attached hydrogens (tertiary/aromatic N) is 1. The zero-order valence-electron chi connectivity index (χ0n) is 11.4. The predicted molar refractivity (Wildman–Crippen MR) is 69.3 cm³/mol. The van der Waals surface area contributed by atoms with E-state index < -0.39 is 11.6 Å². The molecule has 0 bridgehead atoms. The van der Waals surface area contributed by atoms with Crippen LogP contribution in [0.15, 0.2) is 0 Å². The number of carbonyl (C=O) groups is 2. The van der Waals surface area contributed by atoms with Crippen LogP contribution in [0.25, 0.3) is 0 Å². The number of rotatable bonds is 4. The number of halogens is 1. The smallest absolute Gasteiger partial charge is 0.308 e. The molecular weight excluding hydrogens is 244 g/mol. The molecule has 0 radical (unpaired) electrons. The molecule has 0 aromatic heterocycles. The molecule has 102 valence electrons. The highest BCUT2D eigenvalue weighted by Crippen LogP contribution is 2.09. The van der Waals surface area contributed by atoms with Crippen molar-refractivity contribution in [2.24, 2.45) is 0 Å². The molecule has 1 N–H and O–H groups in total. The van der Waals surface area contributed by atoms with Crippen LogP contribution < -0.4 is 5.32 Å². The Labute approximate surface area is 109 Å². The number of amides is 1. The van der Waals surface area contributed by atoms with Gasteiger partial charge in [-0.25, -0.2) is 0 Å². The van der Waals surface area contributed by atoms with Crippen LogP contribution in [0.4, 0.5) is 0 Å². The third kappa shape index (κ3) is 7.99. The average Bonchev–Trinajstić information content (AvgIpc) is 2.09.